The summed E-state index contributed by atoms with van der Waals surface area (Å²) >= 11 is 3.36. The Kier molecular flexibility index (Phi) is 4.42. The van der Waals surface area contributed by atoms with Crippen LogP contribution in [0.25, 0.3) is 0 Å². The largest absolute Gasteiger partial charge is 0.384 e. The van der Waals surface area contributed by atoms with Crippen molar-refractivity contribution < 1.29 is 8.42 Å². The summed E-state index contributed by atoms with van der Waals surface area (Å²) in [5, 5.41) is 0. The SMILES string of the molecule is CC(NS(=O)(=O)c1ccnc(N)c1)c1cccc(Br)c1. The molecule has 0 aliphatic heterocycles. The average Bonchev–Trinajstić information content (AvgIpc) is 2.38. The number of halogens is 1. The van der Waals surface area contributed by atoms with Gasteiger partial charge < -0.3 is 5.73 Å². The maximum Gasteiger partial charge on any atom is 0.241 e. The third-order valence-corrected chi connectivity index (χ3v) is 4.78. The lowest BCUT2D eigenvalue weighted by Crippen LogP contribution is -2.27. The van der Waals surface area contributed by atoms with Crippen molar-refractivity contribution in [3.63, 3.8) is 0 Å². The maximum atomic E-state index is 12.2. The number of hydrogen-bond acceptors (Lipinski definition) is 4. The quantitative estimate of drug-likeness (QED) is 0.881. The first-order valence-corrected chi connectivity index (χ1v) is 8.15. The standard InChI is InChI=1S/C13H14BrN3O2S/c1-9(10-3-2-4-11(14)7-10)17-20(18,19)12-5-6-16-13(15)8-12/h2-9,17H,1H3,(H2,15,16). The molecule has 1 heterocycles. The zero-order chi connectivity index (χ0) is 14.8. The molecule has 0 aliphatic rings. The Bertz CT molecular complexity index is 719. The molecular weight excluding hydrogens is 342 g/mol. The lowest BCUT2D eigenvalue weighted by atomic mass is 10.1. The summed E-state index contributed by atoms with van der Waals surface area (Å²) in [5.41, 5.74) is 6.37. The molecule has 5 nitrogen and oxygen atoms in total. The summed E-state index contributed by atoms with van der Waals surface area (Å²) in [5.74, 6) is 0.169. The van der Waals surface area contributed by atoms with E-state index in [2.05, 4.69) is 25.6 Å². The van der Waals surface area contributed by atoms with Crippen molar-refractivity contribution in [3.8, 4) is 0 Å². The lowest BCUT2D eigenvalue weighted by molar-refractivity contribution is 0.567. The van der Waals surface area contributed by atoms with E-state index < -0.39 is 10.0 Å². The van der Waals surface area contributed by atoms with Gasteiger partial charge in [0.15, 0.2) is 0 Å². The van der Waals surface area contributed by atoms with Crippen LogP contribution in [0, 0.1) is 0 Å². The van der Waals surface area contributed by atoms with E-state index in [4.69, 9.17) is 5.73 Å². The number of aromatic nitrogens is 1. The van der Waals surface area contributed by atoms with Crippen molar-refractivity contribution in [1.82, 2.24) is 9.71 Å². The van der Waals surface area contributed by atoms with Gasteiger partial charge in [-0.1, -0.05) is 28.1 Å². The van der Waals surface area contributed by atoms with Crippen LogP contribution in [0.4, 0.5) is 5.82 Å². The molecule has 3 N–H and O–H groups in total. The minimum atomic E-state index is -3.63. The summed E-state index contributed by atoms with van der Waals surface area (Å²) in [7, 11) is -3.63. The van der Waals surface area contributed by atoms with Gasteiger partial charge in [0.1, 0.15) is 5.82 Å². The van der Waals surface area contributed by atoms with Crippen molar-refractivity contribution >= 4 is 31.8 Å². The average molecular weight is 356 g/mol. The van der Waals surface area contributed by atoms with Crippen molar-refractivity contribution in [2.24, 2.45) is 0 Å². The van der Waals surface area contributed by atoms with Crippen LogP contribution in [0.1, 0.15) is 18.5 Å². The molecule has 0 saturated heterocycles. The van der Waals surface area contributed by atoms with Crippen LogP contribution in [0.15, 0.2) is 52.0 Å². The fourth-order valence-electron chi connectivity index (χ4n) is 1.74. The molecule has 2 aromatic rings. The fraction of sp³-hybridized carbons (Fsp3) is 0.154. The van der Waals surface area contributed by atoms with Gasteiger partial charge in [-0.15, -0.1) is 0 Å². The number of pyridine rings is 1. The van der Waals surface area contributed by atoms with Gasteiger partial charge in [-0.2, -0.15) is 0 Å². The molecule has 106 valence electrons. The summed E-state index contributed by atoms with van der Waals surface area (Å²) in [4.78, 5) is 3.89. The van der Waals surface area contributed by atoms with Crippen molar-refractivity contribution in [2.45, 2.75) is 17.9 Å². The molecule has 0 aliphatic carbocycles. The summed E-state index contributed by atoms with van der Waals surface area (Å²) in [6, 6.07) is 9.85. The van der Waals surface area contributed by atoms with Crippen LogP contribution < -0.4 is 10.5 Å². The zero-order valence-electron chi connectivity index (χ0n) is 10.7. The molecule has 7 heteroatoms. The third-order valence-electron chi connectivity index (χ3n) is 2.74. The molecule has 0 radical (unpaired) electrons. The molecule has 0 bridgehead atoms. The van der Waals surface area contributed by atoms with Crippen LogP contribution in [0.5, 0.6) is 0 Å². The Morgan fingerprint density at radius 3 is 2.70 bits per heavy atom. The van der Waals surface area contributed by atoms with Gasteiger partial charge in [-0.3, -0.25) is 0 Å². The second kappa shape index (κ2) is 5.90. The molecule has 2 rings (SSSR count). The van der Waals surface area contributed by atoms with Crippen molar-refractivity contribution in [3.05, 3.63) is 52.6 Å². The molecule has 0 saturated carbocycles. The van der Waals surface area contributed by atoms with E-state index in [0.29, 0.717) is 0 Å². The van der Waals surface area contributed by atoms with E-state index in [9.17, 15) is 8.42 Å². The van der Waals surface area contributed by atoms with Crippen LogP contribution in [0.3, 0.4) is 0 Å². The highest BCUT2D eigenvalue weighted by atomic mass is 79.9. The Balaban J connectivity index is 2.24. The molecule has 1 unspecified atom stereocenters. The van der Waals surface area contributed by atoms with E-state index in [1.54, 1.807) is 6.92 Å². The minimum absolute atomic E-state index is 0.104. The minimum Gasteiger partial charge on any atom is -0.384 e. The van der Waals surface area contributed by atoms with Gasteiger partial charge in [-0.25, -0.2) is 18.1 Å². The number of anilines is 1. The number of nitrogen functional groups attached to an aromatic ring is 1. The second-order valence-electron chi connectivity index (χ2n) is 4.31. The molecule has 0 spiro atoms. The highest BCUT2D eigenvalue weighted by Crippen LogP contribution is 2.20. The number of nitrogens with two attached hydrogens (primary N) is 1. The Morgan fingerprint density at radius 1 is 1.30 bits per heavy atom. The number of sulfonamides is 1. The van der Waals surface area contributed by atoms with E-state index in [-0.39, 0.29) is 16.8 Å². The third kappa shape index (κ3) is 3.56. The molecule has 1 aromatic heterocycles. The topological polar surface area (TPSA) is 85.1 Å². The monoisotopic (exact) mass is 355 g/mol. The van der Waals surface area contributed by atoms with E-state index in [1.807, 2.05) is 24.3 Å². The smallest absolute Gasteiger partial charge is 0.241 e. The number of benzene rings is 1. The van der Waals surface area contributed by atoms with E-state index in [0.717, 1.165) is 10.0 Å². The normalized spacial score (nSPS) is 13.1. The molecule has 1 aromatic carbocycles. The van der Waals surface area contributed by atoms with Crippen LogP contribution in [-0.4, -0.2) is 13.4 Å². The first kappa shape index (κ1) is 15.0. The van der Waals surface area contributed by atoms with Crippen LogP contribution >= 0.6 is 15.9 Å². The number of nitrogens with zero attached hydrogens (tertiary/aromatic N) is 1. The van der Waals surface area contributed by atoms with Crippen molar-refractivity contribution in [1.29, 1.82) is 0 Å². The van der Waals surface area contributed by atoms with Gasteiger partial charge >= 0.3 is 0 Å². The Labute approximate surface area is 126 Å². The van der Waals surface area contributed by atoms with Crippen LogP contribution in [-0.2, 0) is 10.0 Å². The Morgan fingerprint density at radius 2 is 2.05 bits per heavy atom. The molecule has 1 atom stereocenters. The summed E-state index contributed by atoms with van der Waals surface area (Å²) in [6.07, 6.45) is 1.37. The van der Waals surface area contributed by atoms with Gasteiger partial charge in [0, 0.05) is 22.8 Å². The first-order valence-electron chi connectivity index (χ1n) is 5.88. The predicted molar refractivity (Wildman–Crippen MR) is 81.5 cm³/mol. The summed E-state index contributed by atoms with van der Waals surface area (Å²) in [6.45, 7) is 1.78. The fourth-order valence-corrected chi connectivity index (χ4v) is 3.41. The molecule has 0 amide bonds. The maximum absolute atomic E-state index is 12.2. The van der Waals surface area contributed by atoms with Gasteiger partial charge in [0.25, 0.3) is 0 Å². The lowest BCUT2D eigenvalue weighted by Gasteiger charge is -2.15. The van der Waals surface area contributed by atoms with E-state index in [1.165, 1.54) is 18.3 Å². The van der Waals surface area contributed by atoms with E-state index >= 15 is 0 Å². The molecule has 0 fully saturated rings. The highest BCUT2D eigenvalue weighted by Gasteiger charge is 2.18. The van der Waals surface area contributed by atoms with Gasteiger partial charge in [0.05, 0.1) is 4.90 Å². The van der Waals surface area contributed by atoms with Crippen molar-refractivity contribution in [2.75, 3.05) is 5.73 Å². The predicted octanol–water partition coefficient (Wildman–Crippen LogP) is 2.47. The Hall–Kier alpha value is -1.44. The molecule has 20 heavy (non-hydrogen) atoms. The first-order chi connectivity index (χ1) is 9.38. The number of hydrogen-bond donors (Lipinski definition) is 2. The summed E-state index contributed by atoms with van der Waals surface area (Å²) < 4.78 is 28.0. The van der Waals surface area contributed by atoms with Gasteiger partial charge in [-0.05, 0) is 30.7 Å². The second-order valence-corrected chi connectivity index (χ2v) is 6.94. The number of nitrogens with one attached hydrogen (secondary N) is 1. The number of rotatable bonds is 4. The zero-order valence-corrected chi connectivity index (χ0v) is 13.1. The van der Waals surface area contributed by atoms with Crippen LogP contribution in [0.2, 0.25) is 0 Å². The molecular formula is C13H14BrN3O2S. The van der Waals surface area contributed by atoms with Gasteiger partial charge in [0.2, 0.25) is 10.0 Å². The highest BCUT2D eigenvalue weighted by molar-refractivity contribution is 9.10.